The normalized spacial score (nSPS) is 16.6. The summed E-state index contributed by atoms with van der Waals surface area (Å²) in [7, 11) is 0. The summed E-state index contributed by atoms with van der Waals surface area (Å²) in [5.41, 5.74) is -2.86. The molecule has 0 saturated heterocycles. The molecule has 11 heavy (non-hydrogen) atoms. The van der Waals surface area contributed by atoms with Gasteiger partial charge in [0, 0.05) is 0 Å². The van der Waals surface area contributed by atoms with Crippen LogP contribution in [0.3, 0.4) is 0 Å². The maximum atomic E-state index is 11.9. The molecular weight excluding hydrogens is 234 g/mol. The van der Waals surface area contributed by atoms with Crippen molar-refractivity contribution in [1.29, 1.82) is 0 Å². The minimum absolute atomic E-state index is 2.86. The molecule has 0 aliphatic carbocycles. The van der Waals surface area contributed by atoms with E-state index in [2.05, 4.69) is 39.5 Å². The fourth-order valence-electron chi connectivity index (χ4n) is 0.184. The van der Waals surface area contributed by atoms with Gasteiger partial charge < -0.3 is 0 Å². The van der Waals surface area contributed by atoms with E-state index in [9.17, 15) is 17.6 Å². The van der Waals surface area contributed by atoms with Gasteiger partial charge in [-0.05, 0) is 23.2 Å². The Morgan fingerprint density at radius 2 is 1.45 bits per heavy atom. The third kappa shape index (κ3) is 5.78. The van der Waals surface area contributed by atoms with E-state index in [1.807, 2.05) is 0 Å². The third-order valence-corrected chi connectivity index (χ3v) is 1.01. The molecule has 0 rings (SSSR count). The minimum atomic E-state index is -4.90. The van der Waals surface area contributed by atoms with Crippen molar-refractivity contribution in [2.45, 2.75) is 16.5 Å². The van der Waals surface area contributed by atoms with Crippen LogP contribution in [0, 0.1) is 0 Å². The summed E-state index contributed by atoms with van der Waals surface area (Å²) in [6, 6.07) is 0. The first-order valence-corrected chi connectivity index (χ1v) is 3.27. The highest BCUT2D eigenvalue weighted by Crippen LogP contribution is 2.34. The van der Waals surface area contributed by atoms with Crippen molar-refractivity contribution >= 4 is 34.8 Å². The molecule has 0 radical (unpaired) electrons. The lowest BCUT2D eigenvalue weighted by molar-refractivity contribution is -0.214. The van der Waals surface area contributed by atoms with Crippen LogP contribution in [0.5, 0.6) is 0 Å². The van der Waals surface area contributed by atoms with E-state index in [-0.39, 0.29) is 0 Å². The summed E-state index contributed by atoms with van der Waals surface area (Å²) in [5.74, 6) is 0. The Labute approximate surface area is 74.2 Å². The molecule has 0 heterocycles. The molecule has 1 unspecified atom stereocenters. The molecule has 1 atom stereocenters. The molecule has 0 aromatic heterocycles. The molecule has 0 fully saturated rings. The van der Waals surface area contributed by atoms with E-state index in [0.29, 0.717) is 0 Å². The van der Waals surface area contributed by atoms with Crippen molar-refractivity contribution in [1.82, 2.24) is 0 Å². The van der Waals surface area contributed by atoms with Crippen LogP contribution < -0.4 is 0 Å². The Morgan fingerprint density at radius 1 is 1.09 bits per heavy atom. The Balaban J connectivity index is 3.99. The van der Waals surface area contributed by atoms with Gasteiger partial charge in [0.1, 0.15) is 0 Å². The fourth-order valence-corrected chi connectivity index (χ4v) is 0.576. The van der Waals surface area contributed by atoms with Crippen molar-refractivity contribution in [2.75, 3.05) is 0 Å². The van der Waals surface area contributed by atoms with Crippen molar-refractivity contribution in [3.63, 3.8) is 0 Å². The van der Waals surface area contributed by atoms with Crippen LogP contribution in [0.15, 0.2) is 0 Å². The standard InChI is InChI=1S/C3HCl3F4O/c4-1(2(7,8)9)11-3(5,6)10/h1H. The molecule has 68 valence electrons. The van der Waals surface area contributed by atoms with Gasteiger partial charge in [-0.1, -0.05) is 11.6 Å². The second kappa shape index (κ2) is 3.51. The lowest BCUT2D eigenvalue weighted by Gasteiger charge is -2.17. The van der Waals surface area contributed by atoms with E-state index >= 15 is 0 Å². The van der Waals surface area contributed by atoms with Crippen molar-refractivity contribution in [2.24, 2.45) is 0 Å². The average molecular weight is 235 g/mol. The van der Waals surface area contributed by atoms with Gasteiger partial charge in [-0.2, -0.15) is 17.6 Å². The largest absolute Gasteiger partial charge is 0.428 e. The zero-order valence-corrected chi connectivity index (χ0v) is 6.90. The van der Waals surface area contributed by atoms with E-state index < -0.39 is 16.5 Å². The van der Waals surface area contributed by atoms with Crippen molar-refractivity contribution in [3.8, 4) is 0 Å². The smallest absolute Gasteiger partial charge is 0.292 e. The SMILES string of the molecule is FC(Cl)(Cl)OC(Cl)C(F)(F)F. The van der Waals surface area contributed by atoms with Gasteiger partial charge in [-0.3, -0.25) is 4.74 Å². The van der Waals surface area contributed by atoms with Crippen molar-refractivity contribution in [3.05, 3.63) is 0 Å². The number of rotatable bonds is 2. The third-order valence-electron chi connectivity index (χ3n) is 0.494. The molecule has 0 spiro atoms. The maximum Gasteiger partial charge on any atom is 0.428 e. The highest BCUT2D eigenvalue weighted by atomic mass is 35.5. The quantitative estimate of drug-likeness (QED) is 0.527. The average Bonchev–Trinajstić information content (AvgIpc) is 1.56. The van der Waals surface area contributed by atoms with Gasteiger partial charge >= 0.3 is 10.9 Å². The lowest BCUT2D eigenvalue weighted by Crippen LogP contribution is -2.31. The summed E-state index contributed by atoms with van der Waals surface area (Å²) in [4.78, 5) is 0. The number of halogens is 7. The first-order valence-electron chi connectivity index (χ1n) is 2.08. The molecule has 0 bridgehead atoms. The maximum absolute atomic E-state index is 11.9. The Morgan fingerprint density at radius 3 is 1.55 bits per heavy atom. The molecule has 8 heteroatoms. The number of ether oxygens (including phenoxy) is 1. The van der Waals surface area contributed by atoms with Gasteiger partial charge in [0.2, 0.25) is 5.56 Å². The molecule has 0 aliphatic rings. The Bertz CT molecular complexity index is 130. The summed E-state index contributed by atoms with van der Waals surface area (Å²) in [6.45, 7) is 0. The highest BCUT2D eigenvalue weighted by molar-refractivity contribution is 6.46. The second-order valence-corrected chi connectivity index (χ2v) is 2.98. The highest BCUT2D eigenvalue weighted by Gasteiger charge is 2.44. The van der Waals surface area contributed by atoms with Crippen LogP contribution in [0.1, 0.15) is 0 Å². The molecule has 0 aromatic rings. The predicted molar refractivity (Wildman–Crippen MR) is 32.3 cm³/mol. The molecule has 0 aromatic carbocycles. The van der Waals surface area contributed by atoms with Crippen LogP contribution in [0.25, 0.3) is 0 Å². The number of hydrogen-bond donors (Lipinski definition) is 0. The summed E-state index contributed by atoms with van der Waals surface area (Å²) in [6.07, 6.45) is -4.90. The zero-order chi connectivity index (χ0) is 9.28. The molecule has 0 N–H and O–H groups in total. The van der Waals surface area contributed by atoms with Gasteiger partial charge in [0.15, 0.2) is 0 Å². The van der Waals surface area contributed by atoms with E-state index in [1.165, 1.54) is 0 Å². The predicted octanol–water partition coefficient (Wildman–Crippen LogP) is 3.19. The molecule has 0 saturated carbocycles. The lowest BCUT2D eigenvalue weighted by atomic mass is 10.7. The number of alkyl halides is 7. The minimum Gasteiger partial charge on any atom is -0.292 e. The summed E-state index contributed by atoms with van der Waals surface area (Å²) >= 11 is 13.3. The monoisotopic (exact) mass is 234 g/mol. The summed E-state index contributed by atoms with van der Waals surface area (Å²) in [5, 5.41) is 0. The Hall–Kier alpha value is 0.550. The van der Waals surface area contributed by atoms with Crippen molar-refractivity contribution < 1.29 is 22.3 Å². The Kier molecular flexibility index (Phi) is 3.69. The van der Waals surface area contributed by atoms with E-state index in [0.717, 1.165) is 0 Å². The van der Waals surface area contributed by atoms with Gasteiger partial charge in [0.05, 0.1) is 0 Å². The molecule has 0 amide bonds. The van der Waals surface area contributed by atoms with Crippen LogP contribution in [0.2, 0.25) is 0 Å². The van der Waals surface area contributed by atoms with Crippen LogP contribution in [-0.2, 0) is 4.74 Å². The van der Waals surface area contributed by atoms with Crippen LogP contribution in [-0.4, -0.2) is 16.5 Å². The second-order valence-electron chi connectivity index (χ2n) is 1.42. The molecule has 1 nitrogen and oxygen atoms in total. The molecular formula is C3HCl3F4O. The van der Waals surface area contributed by atoms with Crippen LogP contribution >= 0.6 is 34.8 Å². The first kappa shape index (κ1) is 11.6. The number of hydrogen-bond acceptors (Lipinski definition) is 1. The molecule has 0 aliphatic heterocycles. The fraction of sp³-hybridized carbons (Fsp3) is 1.00. The van der Waals surface area contributed by atoms with E-state index in [1.54, 1.807) is 0 Å². The van der Waals surface area contributed by atoms with Gasteiger partial charge in [0.25, 0.3) is 0 Å². The first-order chi connectivity index (χ1) is 4.63. The van der Waals surface area contributed by atoms with Crippen LogP contribution in [0.4, 0.5) is 17.6 Å². The summed E-state index contributed by atoms with van der Waals surface area (Å²) < 4.78 is 46.1. The van der Waals surface area contributed by atoms with Gasteiger partial charge in [-0.25, -0.2) is 0 Å². The van der Waals surface area contributed by atoms with E-state index in [4.69, 9.17) is 0 Å². The zero-order valence-electron chi connectivity index (χ0n) is 4.63. The van der Waals surface area contributed by atoms with Gasteiger partial charge in [-0.15, -0.1) is 0 Å². The topological polar surface area (TPSA) is 9.23 Å².